The first-order valence-corrected chi connectivity index (χ1v) is 6.88. The van der Waals surface area contributed by atoms with Crippen LogP contribution >= 0.6 is 0 Å². The van der Waals surface area contributed by atoms with Crippen molar-refractivity contribution in [2.75, 3.05) is 6.54 Å². The highest BCUT2D eigenvalue weighted by Crippen LogP contribution is 2.13. The summed E-state index contributed by atoms with van der Waals surface area (Å²) in [5, 5.41) is 3.66. The molecule has 2 atom stereocenters. The fourth-order valence-electron chi connectivity index (χ4n) is 2.04. The molecule has 0 aliphatic rings. The van der Waals surface area contributed by atoms with Crippen molar-refractivity contribution in [3.8, 4) is 0 Å². The second kappa shape index (κ2) is 8.24. The van der Waals surface area contributed by atoms with E-state index in [-0.39, 0.29) is 0 Å². The van der Waals surface area contributed by atoms with Crippen LogP contribution in [0.5, 0.6) is 0 Å². The lowest BCUT2D eigenvalue weighted by molar-refractivity contribution is 0.391. The predicted molar refractivity (Wildman–Crippen MR) is 74.1 cm³/mol. The third-order valence-electron chi connectivity index (χ3n) is 3.27. The van der Waals surface area contributed by atoms with Crippen molar-refractivity contribution >= 4 is 0 Å². The Morgan fingerprint density at radius 3 is 2.76 bits per heavy atom. The zero-order valence-electron chi connectivity index (χ0n) is 11.4. The quantitative estimate of drug-likeness (QED) is 0.745. The van der Waals surface area contributed by atoms with Crippen molar-refractivity contribution in [1.82, 2.24) is 10.3 Å². The summed E-state index contributed by atoms with van der Waals surface area (Å²) in [5.41, 5.74) is 1.34. The van der Waals surface area contributed by atoms with Crippen molar-refractivity contribution in [3.05, 3.63) is 30.1 Å². The van der Waals surface area contributed by atoms with E-state index in [1.165, 1.54) is 24.8 Å². The number of nitrogens with one attached hydrogen (secondary N) is 1. The van der Waals surface area contributed by atoms with Crippen LogP contribution in [0.15, 0.2) is 24.5 Å². The van der Waals surface area contributed by atoms with Gasteiger partial charge in [-0.1, -0.05) is 33.3 Å². The van der Waals surface area contributed by atoms with Gasteiger partial charge in [-0.2, -0.15) is 0 Å². The Hall–Kier alpha value is -0.890. The molecule has 1 N–H and O–H groups in total. The van der Waals surface area contributed by atoms with E-state index in [1.54, 1.807) is 0 Å². The number of aromatic nitrogens is 1. The summed E-state index contributed by atoms with van der Waals surface area (Å²) in [7, 11) is 0. The van der Waals surface area contributed by atoms with Crippen molar-refractivity contribution in [2.24, 2.45) is 5.92 Å². The zero-order chi connectivity index (χ0) is 12.5. The lowest BCUT2D eigenvalue weighted by Crippen LogP contribution is -2.33. The van der Waals surface area contributed by atoms with Crippen LogP contribution < -0.4 is 5.32 Å². The highest BCUT2D eigenvalue weighted by Gasteiger charge is 2.12. The summed E-state index contributed by atoms with van der Waals surface area (Å²) in [6, 6.07) is 4.79. The van der Waals surface area contributed by atoms with Gasteiger partial charge in [0.2, 0.25) is 0 Å². The molecule has 1 aromatic rings. The Morgan fingerprint density at radius 2 is 2.18 bits per heavy atom. The fraction of sp³-hybridized carbons (Fsp3) is 0.667. The second-order valence-corrected chi connectivity index (χ2v) is 4.97. The summed E-state index contributed by atoms with van der Waals surface area (Å²) in [6.45, 7) is 7.94. The summed E-state index contributed by atoms with van der Waals surface area (Å²) < 4.78 is 0. The smallest absolute Gasteiger partial charge is 0.0300 e. The Morgan fingerprint density at radius 1 is 1.35 bits per heavy atom. The van der Waals surface area contributed by atoms with Gasteiger partial charge < -0.3 is 5.32 Å². The van der Waals surface area contributed by atoms with E-state index >= 15 is 0 Å². The van der Waals surface area contributed by atoms with Gasteiger partial charge >= 0.3 is 0 Å². The first-order chi connectivity index (χ1) is 8.26. The minimum atomic E-state index is 0.592. The molecular formula is C15H26N2. The molecule has 0 aliphatic heterocycles. The molecule has 2 nitrogen and oxygen atoms in total. The lowest BCUT2D eigenvalue weighted by Gasteiger charge is -2.21. The van der Waals surface area contributed by atoms with Crippen molar-refractivity contribution in [1.29, 1.82) is 0 Å². The molecule has 1 aromatic heterocycles. The largest absolute Gasteiger partial charge is 0.314 e. The maximum atomic E-state index is 4.19. The molecule has 0 aromatic carbocycles. The second-order valence-electron chi connectivity index (χ2n) is 4.97. The van der Waals surface area contributed by atoms with Gasteiger partial charge in [-0.25, -0.2) is 0 Å². The third kappa shape index (κ3) is 5.83. The minimum absolute atomic E-state index is 0.592. The normalized spacial score (nSPS) is 14.5. The van der Waals surface area contributed by atoms with E-state index in [0.29, 0.717) is 6.04 Å². The van der Waals surface area contributed by atoms with Gasteiger partial charge in [-0.15, -0.1) is 0 Å². The van der Waals surface area contributed by atoms with Crippen molar-refractivity contribution < 1.29 is 0 Å². The number of hydrogen-bond acceptors (Lipinski definition) is 2. The summed E-state index contributed by atoms with van der Waals surface area (Å²) in [6.07, 6.45) is 8.63. The molecule has 2 unspecified atom stereocenters. The van der Waals surface area contributed by atoms with Crippen LogP contribution in [0, 0.1) is 5.92 Å². The van der Waals surface area contributed by atoms with E-state index in [4.69, 9.17) is 0 Å². The molecule has 0 amide bonds. The molecule has 0 saturated carbocycles. The average Bonchev–Trinajstić information content (AvgIpc) is 2.37. The molecule has 0 radical (unpaired) electrons. The van der Waals surface area contributed by atoms with Crippen LogP contribution in [0.2, 0.25) is 0 Å². The van der Waals surface area contributed by atoms with Crippen LogP contribution in [0.3, 0.4) is 0 Å². The molecule has 96 valence electrons. The number of hydrogen-bond donors (Lipinski definition) is 1. The Balaban J connectivity index is 2.50. The van der Waals surface area contributed by atoms with Gasteiger partial charge in [0.25, 0.3) is 0 Å². The van der Waals surface area contributed by atoms with Crippen molar-refractivity contribution in [3.63, 3.8) is 0 Å². The SMILES string of the molecule is CCCNC(Cc1cccnc1)CC(C)CC. The molecule has 2 heteroatoms. The Bertz CT molecular complexity index is 284. The Kier molecular flexibility index (Phi) is 6.87. The van der Waals surface area contributed by atoms with Crippen molar-refractivity contribution in [2.45, 2.75) is 52.5 Å². The lowest BCUT2D eigenvalue weighted by atomic mass is 9.95. The molecule has 17 heavy (non-hydrogen) atoms. The van der Waals surface area contributed by atoms with E-state index < -0.39 is 0 Å². The number of rotatable bonds is 8. The molecule has 1 heterocycles. The van der Waals surface area contributed by atoms with E-state index in [9.17, 15) is 0 Å². The zero-order valence-corrected chi connectivity index (χ0v) is 11.4. The monoisotopic (exact) mass is 234 g/mol. The van der Waals surface area contributed by atoms with E-state index in [1.807, 2.05) is 18.5 Å². The van der Waals surface area contributed by atoms with Crippen LogP contribution in [-0.4, -0.2) is 17.6 Å². The molecule has 1 rings (SSSR count). The van der Waals surface area contributed by atoms with Gasteiger partial charge in [0.05, 0.1) is 0 Å². The van der Waals surface area contributed by atoms with E-state index in [2.05, 4.69) is 37.1 Å². The first-order valence-electron chi connectivity index (χ1n) is 6.88. The van der Waals surface area contributed by atoms with Crippen LogP contribution in [0.25, 0.3) is 0 Å². The minimum Gasteiger partial charge on any atom is -0.314 e. The maximum absolute atomic E-state index is 4.19. The van der Waals surface area contributed by atoms with Gasteiger partial charge in [0, 0.05) is 18.4 Å². The molecule has 0 bridgehead atoms. The standard InChI is InChI=1S/C15H26N2/c1-4-8-17-15(10-13(3)5-2)11-14-7-6-9-16-12-14/h6-7,9,12-13,15,17H,4-5,8,10-11H2,1-3H3. The molecule has 0 saturated heterocycles. The van der Waals surface area contributed by atoms with E-state index in [0.717, 1.165) is 18.9 Å². The Labute approximate surface area is 106 Å². The summed E-state index contributed by atoms with van der Waals surface area (Å²) in [5.74, 6) is 0.793. The maximum Gasteiger partial charge on any atom is 0.0300 e. The summed E-state index contributed by atoms with van der Waals surface area (Å²) >= 11 is 0. The molecule has 0 fully saturated rings. The highest BCUT2D eigenvalue weighted by atomic mass is 14.9. The molecule has 0 spiro atoms. The average molecular weight is 234 g/mol. The van der Waals surface area contributed by atoms with Gasteiger partial charge in [0.1, 0.15) is 0 Å². The number of nitrogens with zero attached hydrogens (tertiary/aromatic N) is 1. The topological polar surface area (TPSA) is 24.9 Å². The third-order valence-corrected chi connectivity index (χ3v) is 3.27. The number of pyridine rings is 1. The van der Waals surface area contributed by atoms with Gasteiger partial charge in [-0.3, -0.25) is 4.98 Å². The van der Waals surface area contributed by atoms with Crippen LogP contribution in [-0.2, 0) is 6.42 Å². The van der Waals surface area contributed by atoms with Gasteiger partial charge in [0.15, 0.2) is 0 Å². The summed E-state index contributed by atoms with van der Waals surface area (Å²) in [4.78, 5) is 4.19. The molecular weight excluding hydrogens is 208 g/mol. The van der Waals surface area contributed by atoms with Gasteiger partial charge in [-0.05, 0) is 43.4 Å². The van der Waals surface area contributed by atoms with Crippen LogP contribution in [0.4, 0.5) is 0 Å². The highest BCUT2D eigenvalue weighted by molar-refractivity contribution is 5.10. The first kappa shape index (κ1) is 14.2. The predicted octanol–water partition coefficient (Wildman–Crippen LogP) is 3.43. The van der Waals surface area contributed by atoms with Crippen LogP contribution in [0.1, 0.15) is 45.6 Å². The molecule has 0 aliphatic carbocycles. The fourth-order valence-corrected chi connectivity index (χ4v) is 2.04.